The normalized spacial score (nSPS) is 15.4. The zero-order chi connectivity index (χ0) is 9.61. The first-order valence-corrected chi connectivity index (χ1v) is 4.39. The van der Waals surface area contributed by atoms with Crippen molar-refractivity contribution in [3.05, 3.63) is 12.2 Å². The molecule has 0 amide bonds. The third-order valence-electron chi connectivity index (χ3n) is 1.82. The van der Waals surface area contributed by atoms with E-state index < -0.39 is 6.17 Å². The van der Waals surface area contributed by atoms with E-state index in [4.69, 9.17) is 5.11 Å². The molecule has 0 aliphatic heterocycles. The van der Waals surface area contributed by atoms with Crippen LogP contribution in [0.5, 0.6) is 0 Å². The van der Waals surface area contributed by atoms with Gasteiger partial charge in [-0.05, 0) is 25.2 Å². The van der Waals surface area contributed by atoms with Crippen LogP contribution >= 0.6 is 0 Å². The average Bonchev–Trinajstić information content (AvgIpc) is 1.98. The zero-order valence-corrected chi connectivity index (χ0v) is 8.18. The van der Waals surface area contributed by atoms with Gasteiger partial charge >= 0.3 is 0 Å². The summed E-state index contributed by atoms with van der Waals surface area (Å²) in [6.07, 6.45) is 4.26. The van der Waals surface area contributed by atoms with Gasteiger partial charge in [-0.1, -0.05) is 26.0 Å². The molecule has 0 fully saturated rings. The number of halogens is 1. The van der Waals surface area contributed by atoms with Gasteiger partial charge in [0, 0.05) is 6.61 Å². The van der Waals surface area contributed by atoms with Crippen molar-refractivity contribution in [2.24, 2.45) is 5.41 Å². The van der Waals surface area contributed by atoms with Crippen LogP contribution in [0.15, 0.2) is 12.2 Å². The summed E-state index contributed by atoms with van der Waals surface area (Å²) < 4.78 is 12.3. The minimum Gasteiger partial charge on any atom is -0.396 e. The second-order valence-corrected chi connectivity index (χ2v) is 3.97. The molecule has 0 heterocycles. The van der Waals surface area contributed by atoms with Gasteiger partial charge in [-0.2, -0.15) is 0 Å². The molecule has 0 spiro atoms. The Labute approximate surface area is 74.3 Å². The van der Waals surface area contributed by atoms with Crippen LogP contribution in [0.25, 0.3) is 0 Å². The molecule has 72 valence electrons. The summed E-state index contributed by atoms with van der Waals surface area (Å²) in [5.74, 6) is 0. The minimum absolute atomic E-state index is 0.0378. The Morgan fingerprint density at radius 3 is 2.50 bits per heavy atom. The Morgan fingerprint density at radius 2 is 2.08 bits per heavy atom. The van der Waals surface area contributed by atoms with Crippen LogP contribution < -0.4 is 0 Å². The second kappa shape index (κ2) is 5.31. The number of rotatable bonds is 5. The summed E-state index contributed by atoms with van der Waals surface area (Å²) >= 11 is 0. The fourth-order valence-corrected chi connectivity index (χ4v) is 0.837. The van der Waals surface area contributed by atoms with Gasteiger partial charge in [-0.25, -0.2) is 4.39 Å². The highest BCUT2D eigenvalue weighted by Gasteiger charge is 2.14. The monoisotopic (exact) mass is 174 g/mol. The number of aliphatic hydroxyl groups is 1. The molecule has 0 aromatic heterocycles. The Balaban J connectivity index is 3.56. The second-order valence-electron chi connectivity index (χ2n) is 3.97. The SMILES string of the molecule is CC(F)/C=C/CCC(C)(C)CO. The molecule has 0 rings (SSSR count). The molecule has 0 radical (unpaired) electrons. The quantitative estimate of drug-likeness (QED) is 0.635. The van der Waals surface area contributed by atoms with E-state index >= 15 is 0 Å². The van der Waals surface area contributed by atoms with Crippen LogP contribution in [0.4, 0.5) is 4.39 Å². The number of alkyl halides is 1. The van der Waals surface area contributed by atoms with Gasteiger partial charge in [0.05, 0.1) is 0 Å². The lowest BCUT2D eigenvalue weighted by Gasteiger charge is -2.19. The summed E-state index contributed by atoms with van der Waals surface area (Å²) in [7, 11) is 0. The van der Waals surface area contributed by atoms with E-state index in [-0.39, 0.29) is 12.0 Å². The fraction of sp³-hybridized carbons (Fsp3) is 0.800. The third kappa shape index (κ3) is 6.35. The van der Waals surface area contributed by atoms with Crippen molar-refractivity contribution in [2.75, 3.05) is 6.61 Å². The molecule has 1 atom stereocenters. The lowest BCUT2D eigenvalue weighted by Crippen LogP contribution is -2.15. The van der Waals surface area contributed by atoms with E-state index in [1.54, 1.807) is 6.08 Å². The first-order valence-electron chi connectivity index (χ1n) is 4.39. The molecular weight excluding hydrogens is 155 g/mol. The highest BCUT2D eigenvalue weighted by Crippen LogP contribution is 2.21. The van der Waals surface area contributed by atoms with Gasteiger partial charge in [-0.15, -0.1) is 0 Å². The number of hydrogen-bond donors (Lipinski definition) is 1. The molecule has 0 saturated heterocycles. The summed E-state index contributed by atoms with van der Waals surface area (Å²) in [6, 6.07) is 0. The first-order chi connectivity index (χ1) is 5.48. The Bertz CT molecular complexity index is 139. The third-order valence-corrected chi connectivity index (χ3v) is 1.82. The lowest BCUT2D eigenvalue weighted by atomic mass is 9.89. The van der Waals surface area contributed by atoms with Crippen LogP contribution in [0.1, 0.15) is 33.6 Å². The maximum Gasteiger partial charge on any atom is 0.115 e. The van der Waals surface area contributed by atoms with E-state index in [1.165, 1.54) is 6.92 Å². The molecule has 0 aromatic rings. The maximum absolute atomic E-state index is 12.3. The Kier molecular flexibility index (Phi) is 5.14. The Hall–Kier alpha value is -0.370. The van der Waals surface area contributed by atoms with Crippen LogP contribution in [0, 0.1) is 5.41 Å². The molecule has 0 aliphatic carbocycles. The van der Waals surface area contributed by atoms with Gasteiger partial charge < -0.3 is 5.11 Å². The minimum atomic E-state index is -0.859. The predicted molar refractivity (Wildman–Crippen MR) is 49.8 cm³/mol. The number of allylic oxidation sites excluding steroid dienone is 2. The van der Waals surface area contributed by atoms with Gasteiger partial charge in [0.25, 0.3) is 0 Å². The fourth-order valence-electron chi connectivity index (χ4n) is 0.837. The van der Waals surface area contributed by atoms with Crippen molar-refractivity contribution in [3.63, 3.8) is 0 Å². The van der Waals surface area contributed by atoms with Crippen LogP contribution in [0.2, 0.25) is 0 Å². The van der Waals surface area contributed by atoms with Crippen molar-refractivity contribution in [3.8, 4) is 0 Å². The van der Waals surface area contributed by atoms with E-state index in [2.05, 4.69) is 0 Å². The van der Waals surface area contributed by atoms with E-state index in [0.717, 1.165) is 12.8 Å². The highest BCUT2D eigenvalue weighted by atomic mass is 19.1. The van der Waals surface area contributed by atoms with Crippen molar-refractivity contribution in [1.29, 1.82) is 0 Å². The van der Waals surface area contributed by atoms with Crippen molar-refractivity contribution < 1.29 is 9.50 Å². The van der Waals surface area contributed by atoms with E-state index in [0.29, 0.717) is 0 Å². The summed E-state index contributed by atoms with van der Waals surface area (Å²) in [6.45, 7) is 5.69. The highest BCUT2D eigenvalue weighted by molar-refractivity contribution is 4.87. The summed E-state index contributed by atoms with van der Waals surface area (Å²) in [5, 5.41) is 8.90. The molecule has 1 N–H and O–H groups in total. The van der Waals surface area contributed by atoms with Gasteiger partial charge in [0.15, 0.2) is 0 Å². The molecule has 2 heteroatoms. The van der Waals surface area contributed by atoms with Crippen LogP contribution in [-0.2, 0) is 0 Å². The summed E-state index contributed by atoms with van der Waals surface area (Å²) in [5.41, 5.74) is -0.0378. The van der Waals surface area contributed by atoms with Gasteiger partial charge in [0.2, 0.25) is 0 Å². The van der Waals surface area contributed by atoms with Crippen LogP contribution in [-0.4, -0.2) is 17.9 Å². The van der Waals surface area contributed by atoms with Crippen LogP contribution in [0.3, 0.4) is 0 Å². The average molecular weight is 174 g/mol. The standard InChI is InChI=1S/C10H19FO/c1-9(11)6-4-5-7-10(2,3)8-12/h4,6,9,12H,5,7-8H2,1-3H3/b6-4+. The number of hydrogen-bond acceptors (Lipinski definition) is 1. The van der Waals surface area contributed by atoms with Crippen molar-refractivity contribution in [1.82, 2.24) is 0 Å². The molecule has 0 aromatic carbocycles. The van der Waals surface area contributed by atoms with Gasteiger partial charge in [-0.3, -0.25) is 0 Å². The largest absolute Gasteiger partial charge is 0.396 e. The predicted octanol–water partition coefficient (Wildman–Crippen LogP) is 2.70. The van der Waals surface area contributed by atoms with E-state index in [1.807, 2.05) is 19.9 Å². The lowest BCUT2D eigenvalue weighted by molar-refractivity contribution is 0.151. The first kappa shape index (κ1) is 11.6. The maximum atomic E-state index is 12.3. The van der Waals surface area contributed by atoms with Crippen molar-refractivity contribution >= 4 is 0 Å². The molecule has 0 aliphatic rings. The van der Waals surface area contributed by atoms with Gasteiger partial charge in [0.1, 0.15) is 6.17 Å². The molecule has 1 unspecified atom stereocenters. The molecule has 0 bridgehead atoms. The molecule has 12 heavy (non-hydrogen) atoms. The summed E-state index contributed by atoms with van der Waals surface area (Å²) in [4.78, 5) is 0. The smallest absolute Gasteiger partial charge is 0.115 e. The molecule has 0 saturated carbocycles. The molecule has 1 nitrogen and oxygen atoms in total. The Morgan fingerprint density at radius 1 is 1.50 bits per heavy atom. The number of aliphatic hydroxyl groups excluding tert-OH is 1. The molecular formula is C10H19FO. The zero-order valence-electron chi connectivity index (χ0n) is 8.18. The topological polar surface area (TPSA) is 20.2 Å². The van der Waals surface area contributed by atoms with E-state index in [9.17, 15) is 4.39 Å². The van der Waals surface area contributed by atoms with Crippen molar-refractivity contribution in [2.45, 2.75) is 39.8 Å².